The molecular formula is C15H14N2O2. The van der Waals surface area contributed by atoms with Crippen molar-refractivity contribution in [2.75, 3.05) is 12.2 Å². The molecule has 0 unspecified atom stereocenters. The van der Waals surface area contributed by atoms with Gasteiger partial charge in [0, 0.05) is 5.56 Å². The van der Waals surface area contributed by atoms with Crippen molar-refractivity contribution in [2.24, 2.45) is 5.10 Å². The number of hydrogen-bond donors (Lipinski definition) is 1. The zero-order valence-electron chi connectivity index (χ0n) is 10.6. The lowest BCUT2D eigenvalue weighted by molar-refractivity contribution is 0.174. The second-order valence-electron chi connectivity index (χ2n) is 4.24. The molecule has 0 amide bonds. The number of anilines is 1. The summed E-state index contributed by atoms with van der Waals surface area (Å²) < 4.78 is 10.6. The van der Waals surface area contributed by atoms with Crippen molar-refractivity contribution in [1.82, 2.24) is 0 Å². The molecule has 1 N–H and O–H groups in total. The van der Waals surface area contributed by atoms with Crippen LogP contribution < -0.4 is 14.9 Å². The Bertz CT molecular complexity index is 609. The molecule has 3 rings (SSSR count). The third-order valence-corrected chi connectivity index (χ3v) is 2.92. The fourth-order valence-electron chi connectivity index (χ4n) is 1.85. The number of nitrogens with one attached hydrogen (secondary N) is 1. The molecule has 19 heavy (non-hydrogen) atoms. The van der Waals surface area contributed by atoms with Crippen molar-refractivity contribution in [2.45, 2.75) is 6.92 Å². The zero-order chi connectivity index (χ0) is 13.1. The van der Waals surface area contributed by atoms with Gasteiger partial charge in [-0.15, -0.1) is 0 Å². The number of nitrogens with zero attached hydrogens (tertiary/aromatic N) is 1. The average molecular weight is 254 g/mol. The van der Waals surface area contributed by atoms with E-state index in [1.165, 1.54) is 0 Å². The van der Waals surface area contributed by atoms with Crippen LogP contribution in [0.3, 0.4) is 0 Å². The summed E-state index contributed by atoms with van der Waals surface area (Å²) in [5, 5.41) is 4.36. The van der Waals surface area contributed by atoms with E-state index in [1.807, 2.05) is 55.5 Å². The first kappa shape index (κ1) is 11.6. The summed E-state index contributed by atoms with van der Waals surface area (Å²) in [5.74, 6) is 1.55. The molecule has 2 aromatic rings. The highest BCUT2D eigenvalue weighted by atomic mass is 16.7. The summed E-state index contributed by atoms with van der Waals surface area (Å²) in [6.45, 7) is 2.24. The molecule has 4 heteroatoms. The van der Waals surface area contributed by atoms with E-state index in [0.29, 0.717) is 0 Å². The molecule has 2 aromatic carbocycles. The first-order valence-corrected chi connectivity index (χ1v) is 6.08. The molecule has 0 spiro atoms. The van der Waals surface area contributed by atoms with Crippen LogP contribution in [0.5, 0.6) is 11.5 Å². The first-order valence-electron chi connectivity index (χ1n) is 6.08. The van der Waals surface area contributed by atoms with Crippen molar-refractivity contribution in [1.29, 1.82) is 0 Å². The van der Waals surface area contributed by atoms with Gasteiger partial charge in [0.15, 0.2) is 11.5 Å². The third kappa shape index (κ3) is 2.52. The fraction of sp³-hybridized carbons (Fsp3) is 0.133. The molecule has 0 saturated heterocycles. The average Bonchev–Trinajstić information content (AvgIpc) is 2.93. The minimum absolute atomic E-state index is 0.289. The van der Waals surface area contributed by atoms with Gasteiger partial charge < -0.3 is 9.47 Å². The van der Waals surface area contributed by atoms with E-state index in [1.54, 1.807) is 0 Å². The van der Waals surface area contributed by atoms with Crippen LogP contribution in [0.25, 0.3) is 0 Å². The van der Waals surface area contributed by atoms with Gasteiger partial charge in [-0.2, -0.15) is 5.10 Å². The molecule has 0 radical (unpaired) electrons. The Labute approximate surface area is 111 Å². The smallest absolute Gasteiger partial charge is 0.231 e. The summed E-state index contributed by atoms with van der Waals surface area (Å²) in [6.07, 6.45) is 0. The fourth-order valence-corrected chi connectivity index (χ4v) is 1.85. The standard InChI is InChI=1S/C15H14N2O2/c1-11(16-17-13-5-3-2-4-6-13)12-7-8-14-15(9-12)19-10-18-14/h2-9,17H,10H2,1H3. The number of benzene rings is 2. The second kappa shape index (κ2) is 5.02. The molecule has 1 aliphatic rings. The molecule has 0 aromatic heterocycles. The second-order valence-corrected chi connectivity index (χ2v) is 4.24. The summed E-state index contributed by atoms with van der Waals surface area (Å²) in [6, 6.07) is 15.7. The van der Waals surface area contributed by atoms with Gasteiger partial charge in [-0.05, 0) is 37.3 Å². The predicted octanol–water partition coefficient (Wildman–Crippen LogP) is 3.25. The maximum atomic E-state index is 5.35. The lowest BCUT2D eigenvalue weighted by Gasteiger charge is -2.04. The largest absolute Gasteiger partial charge is 0.454 e. The minimum Gasteiger partial charge on any atom is -0.454 e. The Kier molecular flexibility index (Phi) is 3.06. The van der Waals surface area contributed by atoms with Crippen LogP contribution in [-0.4, -0.2) is 12.5 Å². The Morgan fingerprint density at radius 3 is 2.68 bits per heavy atom. The monoisotopic (exact) mass is 254 g/mol. The summed E-state index contributed by atoms with van der Waals surface area (Å²) in [5.41, 5.74) is 5.89. The van der Waals surface area contributed by atoms with Gasteiger partial charge in [0.25, 0.3) is 0 Å². The van der Waals surface area contributed by atoms with Crippen molar-refractivity contribution in [3.8, 4) is 11.5 Å². The summed E-state index contributed by atoms with van der Waals surface area (Å²) in [7, 11) is 0. The molecule has 0 aliphatic carbocycles. The van der Waals surface area contributed by atoms with Crippen molar-refractivity contribution < 1.29 is 9.47 Å². The van der Waals surface area contributed by atoms with Gasteiger partial charge in [-0.1, -0.05) is 18.2 Å². The van der Waals surface area contributed by atoms with E-state index in [0.717, 1.165) is 28.5 Å². The van der Waals surface area contributed by atoms with E-state index in [2.05, 4.69) is 10.5 Å². The molecule has 0 saturated carbocycles. The summed E-state index contributed by atoms with van der Waals surface area (Å²) in [4.78, 5) is 0. The van der Waals surface area contributed by atoms with Gasteiger partial charge >= 0.3 is 0 Å². The Balaban J connectivity index is 1.78. The van der Waals surface area contributed by atoms with E-state index < -0.39 is 0 Å². The van der Waals surface area contributed by atoms with Crippen molar-refractivity contribution in [3.63, 3.8) is 0 Å². The highest BCUT2D eigenvalue weighted by Crippen LogP contribution is 2.32. The van der Waals surface area contributed by atoms with Crippen LogP contribution in [0.2, 0.25) is 0 Å². The number of para-hydroxylation sites is 1. The maximum Gasteiger partial charge on any atom is 0.231 e. The number of hydrazone groups is 1. The lowest BCUT2D eigenvalue weighted by atomic mass is 10.1. The molecule has 1 aliphatic heterocycles. The quantitative estimate of drug-likeness (QED) is 0.675. The number of hydrogen-bond acceptors (Lipinski definition) is 4. The SMILES string of the molecule is CC(=NNc1ccccc1)c1ccc2c(c1)OCO2. The Morgan fingerprint density at radius 1 is 1.05 bits per heavy atom. The maximum absolute atomic E-state index is 5.35. The molecule has 0 fully saturated rings. The molecule has 4 nitrogen and oxygen atoms in total. The highest BCUT2D eigenvalue weighted by Gasteiger charge is 2.13. The highest BCUT2D eigenvalue weighted by molar-refractivity contribution is 5.99. The van der Waals surface area contributed by atoms with E-state index in [-0.39, 0.29) is 6.79 Å². The molecule has 1 heterocycles. The Hall–Kier alpha value is -2.49. The van der Waals surface area contributed by atoms with Crippen LogP contribution in [0.1, 0.15) is 12.5 Å². The van der Waals surface area contributed by atoms with E-state index in [4.69, 9.17) is 9.47 Å². The van der Waals surface area contributed by atoms with E-state index in [9.17, 15) is 0 Å². The lowest BCUT2D eigenvalue weighted by Crippen LogP contribution is -1.99. The molecule has 96 valence electrons. The van der Waals surface area contributed by atoms with Crippen LogP contribution in [-0.2, 0) is 0 Å². The third-order valence-electron chi connectivity index (χ3n) is 2.92. The van der Waals surface area contributed by atoms with Crippen LogP contribution in [0.15, 0.2) is 53.6 Å². The van der Waals surface area contributed by atoms with Gasteiger partial charge in [-0.25, -0.2) is 0 Å². The number of fused-ring (bicyclic) bond motifs is 1. The predicted molar refractivity (Wildman–Crippen MR) is 74.8 cm³/mol. The number of ether oxygens (including phenoxy) is 2. The van der Waals surface area contributed by atoms with Gasteiger partial charge in [0.05, 0.1) is 11.4 Å². The van der Waals surface area contributed by atoms with Crippen molar-refractivity contribution in [3.05, 3.63) is 54.1 Å². The van der Waals surface area contributed by atoms with Gasteiger partial charge in [0.2, 0.25) is 6.79 Å². The first-order chi connectivity index (χ1) is 9.33. The molecular weight excluding hydrogens is 240 g/mol. The van der Waals surface area contributed by atoms with Crippen LogP contribution in [0.4, 0.5) is 5.69 Å². The van der Waals surface area contributed by atoms with Crippen LogP contribution in [0, 0.1) is 0 Å². The molecule has 0 atom stereocenters. The minimum atomic E-state index is 0.289. The zero-order valence-corrected chi connectivity index (χ0v) is 10.6. The van der Waals surface area contributed by atoms with Crippen LogP contribution >= 0.6 is 0 Å². The number of rotatable bonds is 3. The Morgan fingerprint density at radius 2 is 1.84 bits per heavy atom. The summed E-state index contributed by atoms with van der Waals surface area (Å²) >= 11 is 0. The normalized spacial score (nSPS) is 13.4. The van der Waals surface area contributed by atoms with Gasteiger partial charge in [0.1, 0.15) is 0 Å². The van der Waals surface area contributed by atoms with Crippen molar-refractivity contribution >= 4 is 11.4 Å². The topological polar surface area (TPSA) is 42.9 Å². The van der Waals surface area contributed by atoms with Gasteiger partial charge in [-0.3, -0.25) is 5.43 Å². The molecule has 0 bridgehead atoms. The van der Waals surface area contributed by atoms with E-state index >= 15 is 0 Å².